The van der Waals surface area contributed by atoms with Gasteiger partial charge < -0.3 is 15.9 Å². The molecule has 1 heterocycles. The van der Waals surface area contributed by atoms with Gasteiger partial charge in [-0.1, -0.05) is 0 Å². The molecule has 0 unspecified atom stereocenters. The van der Waals surface area contributed by atoms with E-state index >= 15 is 0 Å². The normalized spacial score (nSPS) is 18.3. The number of alkyl halides is 8. The molecule has 0 radical (unpaired) electrons. The largest absolute Gasteiger partial charge is 0.490 e. The fourth-order valence-electron chi connectivity index (χ4n) is 1.61. The molecule has 0 saturated carbocycles. The summed E-state index contributed by atoms with van der Waals surface area (Å²) in [6.07, 6.45) is -8.24. The van der Waals surface area contributed by atoms with E-state index in [0.717, 1.165) is 19.4 Å². The minimum absolute atomic E-state index is 0.0966. The number of aliphatic carboxylic acids is 2. The maximum atomic E-state index is 12.2. The number of carboxylic acids is 2. The van der Waals surface area contributed by atoms with E-state index in [2.05, 4.69) is 0 Å². The highest BCUT2D eigenvalue weighted by Gasteiger charge is 2.38. The number of likely N-dealkylation sites (tertiary alicyclic amines) is 1. The summed E-state index contributed by atoms with van der Waals surface area (Å²) in [6, 6.07) is -0.462. The van der Waals surface area contributed by atoms with Crippen molar-refractivity contribution in [2.75, 3.05) is 26.4 Å². The molecule has 1 atom stereocenters. The van der Waals surface area contributed by atoms with E-state index in [1.54, 1.807) is 0 Å². The summed E-state index contributed by atoms with van der Waals surface area (Å²) in [5.74, 6) is -5.51. The van der Waals surface area contributed by atoms with Crippen LogP contribution in [-0.2, 0) is 9.59 Å². The van der Waals surface area contributed by atoms with Crippen LogP contribution < -0.4 is 5.73 Å². The van der Waals surface area contributed by atoms with Crippen LogP contribution in [0.5, 0.6) is 0 Å². The molecule has 1 aliphatic heterocycles. The lowest BCUT2D eigenvalue weighted by molar-refractivity contribution is -0.193. The SMILES string of the molecule is N[C@@H]1CCCN(C(CF)CF)C1.O=C(O)C(F)(F)F.O=C(O)C(F)(F)F. The van der Waals surface area contributed by atoms with Gasteiger partial charge in [0.15, 0.2) is 0 Å². The maximum absolute atomic E-state index is 12.2. The van der Waals surface area contributed by atoms with Gasteiger partial charge in [-0.05, 0) is 19.4 Å². The van der Waals surface area contributed by atoms with Crippen LogP contribution in [0, 0.1) is 0 Å². The lowest BCUT2D eigenvalue weighted by Crippen LogP contribution is -2.49. The van der Waals surface area contributed by atoms with Crippen LogP contribution in [0.25, 0.3) is 0 Å². The summed E-state index contributed by atoms with van der Waals surface area (Å²) in [5.41, 5.74) is 5.69. The van der Waals surface area contributed by atoms with E-state index in [4.69, 9.17) is 25.5 Å². The molecule has 1 aliphatic rings. The Kier molecular flexibility index (Phi) is 12.1. The number of rotatable bonds is 3. The van der Waals surface area contributed by atoms with Crippen LogP contribution in [0.3, 0.4) is 0 Å². The molecule has 4 N–H and O–H groups in total. The van der Waals surface area contributed by atoms with Gasteiger partial charge in [0.2, 0.25) is 0 Å². The molecule has 1 saturated heterocycles. The van der Waals surface area contributed by atoms with E-state index in [0.29, 0.717) is 6.54 Å². The zero-order valence-corrected chi connectivity index (χ0v) is 13.2. The summed E-state index contributed by atoms with van der Waals surface area (Å²) in [7, 11) is 0. The van der Waals surface area contributed by atoms with Crippen LogP contribution in [0.4, 0.5) is 35.1 Å². The average molecular weight is 406 g/mol. The number of piperidine rings is 1. The van der Waals surface area contributed by atoms with E-state index in [1.807, 2.05) is 4.90 Å². The van der Waals surface area contributed by atoms with E-state index in [-0.39, 0.29) is 6.04 Å². The molecule has 6 nitrogen and oxygen atoms in total. The van der Waals surface area contributed by atoms with Crippen molar-refractivity contribution in [3.8, 4) is 0 Å². The van der Waals surface area contributed by atoms with Crippen molar-refractivity contribution < 1.29 is 54.9 Å². The third-order valence-corrected chi connectivity index (χ3v) is 2.85. The summed E-state index contributed by atoms with van der Waals surface area (Å²) in [5, 5.41) is 14.2. The number of carboxylic acid groups (broad SMARTS) is 2. The van der Waals surface area contributed by atoms with Crippen LogP contribution in [0.1, 0.15) is 12.8 Å². The fraction of sp³-hybridized carbons (Fsp3) is 0.833. The summed E-state index contributed by atoms with van der Waals surface area (Å²) in [4.78, 5) is 19.6. The highest BCUT2D eigenvalue weighted by Crippen LogP contribution is 2.14. The Bertz CT molecular complexity index is 402. The van der Waals surface area contributed by atoms with Gasteiger partial charge >= 0.3 is 24.3 Å². The van der Waals surface area contributed by atoms with Crippen molar-refractivity contribution in [3.63, 3.8) is 0 Å². The van der Waals surface area contributed by atoms with Gasteiger partial charge in [0.1, 0.15) is 13.3 Å². The average Bonchev–Trinajstić information content (AvgIpc) is 2.48. The Balaban J connectivity index is 0. The van der Waals surface area contributed by atoms with Gasteiger partial charge in [0.25, 0.3) is 0 Å². The summed E-state index contributed by atoms with van der Waals surface area (Å²) >= 11 is 0. The second-order valence-electron chi connectivity index (χ2n) is 4.97. The highest BCUT2D eigenvalue weighted by molar-refractivity contribution is 5.73. The van der Waals surface area contributed by atoms with Crippen molar-refractivity contribution in [2.45, 2.75) is 37.3 Å². The molecule has 156 valence electrons. The zero-order chi connectivity index (χ0) is 21.1. The van der Waals surface area contributed by atoms with Crippen molar-refractivity contribution in [1.29, 1.82) is 0 Å². The minimum Gasteiger partial charge on any atom is -0.475 e. The van der Waals surface area contributed by atoms with Crippen molar-refractivity contribution in [3.05, 3.63) is 0 Å². The van der Waals surface area contributed by atoms with Gasteiger partial charge in [-0.15, -0.1) is 0 Å². The first-order valence-corrected chi connectivity index (χ1v) is 6.88. The van der Waals surface area contributed by atoms with E-state index in [9.17, 15) is 35.1 Å². The molecular weight excluding hydrogens is 388 g/mol. The molecule has 0 aromatic carbocycles. The Hall–Kier alpha value is -1.70. The van der Waals surface area contributed by atoms with E-state index < -0.39 is 43.7 Å². The van der Waals surface area contributed by atoms with Crippen LogP contribution in [0.2, 0.25) is 0 Å². The molecule has 14 heteroatoms. The highest BCUT2D eigenvalue weighted by atomic mass is 19.4. The molecule has 0 aliphatic carbocycles. The number of nitrogens with two attached hydrogens (primary N) is 1. The standard InChI is InChI=1S/C8H16F2N2.2C2HF3O2/c9-4-8(5-10)12-3-1-2-7(11)6-12;2*3-2(4,5)1(6)7/h7-8H,1-6,11H2;2*(H,6,7)/t7-;;/m1../s1. The molecule has 1 fully saturated rings. The maximum Gasteiger partial charge on any atom is 0.490 e. The van der Waals surface area contributed by atoms with E-state index in [1.165, 1.54) is 0 Å². The zero-order valence-electron chi connectivity index (χ0n) is 13.2. The lowest BCUT2D eigenvalue weighted by Gasteiger charge is -2.34. The second-order valence-corrected chi connectivity index (χ2v) is 4.97. The van der Waals surface area contributed by atoms with Crippen molar-refractivity contribution in [1.82, 2.24) is 4.90 Å². The summed E-state index contributed by atoms with van der Waals surface area (Å²) < 4.78 is 88.0. The van der Waals surface area contributed by atoms with Gasteiger partial charge in [0.05, 0.1) is 6.04 Å². The number of hydrogen-bond donors (Lipinski definition) is 3. The predicted octanol–water partition coefficient (Wildman–Crippen LogP) is 1.98. The topological polar surface area (TPSA) is 104 Å². The second kappa shape index (κ2) is 11.8. The summed E-state index contributed by atoms with van der Waals surface area (Å²) in [6.45, 7) is 0.206. The quantitative estimate of drug-likeness (QED) is 0.620. The molecule has 1 rings (SSSR count). The molecule has 0 aromatic rings. The van der Waals surface area contributed by atoms with Gasteiger partial charge in [-0.3, -0.25) is 4.90 Å². The van der Waals surface area contributed by atoms with Crippen LogP contribution in [0.15, 0.2) is 0 Å². The molecule has 0 amide bonds. The Morgan fingerprint density at radius 3 is 1.58 bits per heavy atom. The monoisotopic (exact) mass is 406 g/mol. The number of nitrogens with zero attached hydrogens (tertiary/aromatic N) is 1. The van der Waals surface area contributed by atoms with Crippen molar-refractivity contribution in [2.24, 2.45) is 5.73 Å². The minimum atomic E-state index is -5.08. The number of carbonyl (C=O) groups is 2. The number of halogens is 8. The smallest absolute Gasteiger partial charge is 0.475 e. The Labute approximate surface area is 142 Å². The number of hydrogen-bond acceptors (Lipinski definition) is 4. The molecule has 0 spiro atoms. The first-order valence-electron chi connectivity index (χ1n) is 6.88. The van der Waals surface area contributed by atoms with Crippen LogP contribution in [-0.4, -0.2) is 77.9 Å². The fourth-order valence-corrected chi connectivity index (χ4v) is 1.61. The molecular formula is C12H18F8N2O4. The van der Waals surface area contributed by atoms with Gasteiger partial charge in [0, 0.05) is 12.6 Å². The third-order valence-electron chi connectivity index (χ3n) is 2.85. The molecule has 0 aromatic heterocycles. The predicted molar refractivity (Wildman–Crippen MR) is 71.9 cm³/mol. The first kappa shape index (κ1) is 26.5. The first-order chi connectivity index (χ1) is 11.7. The molecule has 26 heavy (non-hydrogen) atoms. The lowest BCUT2D eigenvalue weighted by atomic mass is 10.1. The van der Waals surface area contributed by atoms with Gasteiger partial charge in [-0.25, -0.2) is 18.4 Å². The van der Waals surface area contributed by atoms with Gasteiger partial charge in [-0.2, -0.15) is 26.3 Å². The van der Waals surface area contributed by atoms with Crippen molar-refractivity contribution >= 4 is 11.9 Å². The third kappa shape index (κ3) is 12.6. The Morgan fingerprint density at radius 1 is 1.00 bits per heavy atom. The Morgan fingerprint density at radius 2 is 1.35 bits per heavy atom. The molecule has 0 bridgehead atoms. The van der Waals surface area contributed by atoms with Crippen LogP contribution >= 0.6 is 0 Å².